The fourth-order valence-corrected chi connectivity index (χ4v) is 2.60. The van der Waals surface area contributed by atoms with Crippen LogP contribution in [0.4, 0.5) is 8.78 Å². The quantitative estimate of drug-likeness (QED) is 0.837. The number of rotatable bonds is 5. The lowest BCUT2D eigenvalue weighted by atomic mass is 10.2. The van der Waals surface area contributed by atoms with Gasteiger partial charge < -0.3 is 5.11 Å². The molecule has 0 aliphatic heterocycles. The van der Waals surface area contributed by atoms with E-state index < -0.39 is 45.0 Å². The number of hydrogen-bond acceptors (Lipinski definition) is 3. The molecule has 1 rings (SSSR count). The molecule has 100 valence electrons. The fourth-order valence-electron chi connectivity index (χ4n) is 1.22. The van der Waals surface area contributed by atoms with Gasteiger partial charge in [-0.3, -0.25) is 4.79 Å². The molecule has 0 saturated carbocycles. The molecule has 0 unspecified atom stereocenters. The van der Waals surface area contributed by atoms with Crippen LogP contribution in [0, 0.1) is 11.6 Å². The van der Waals surface area contributed by atoms with Crippen LogP contribution >= 0.6 is 0 Å². The molecule has 0 aromatic heterocycles. The van der Waals surface area contributed by atoms with E-state index in [1.165, 1.54) is 0 Å². The van der Waals surface area contributed by atoms with Crippen molar-refractivity contribution < 1.29 is 27.1 Å². The summed E-state index contributed by atoms with van der Waals surface area (Å²) >= 11 is 0. The molecule has 2 N–H and O–H groups in total. The molecule has 0 aliphatic rings. The van der Waals surface area contributed by atoms with Crippen LogP contribution in [0.5, 0.6) is 0 Å². The largest absolute Gasteiger partial charge is 0.480 e. The van der Waals surface area contributed by atoms with Crippen molar-refractivity contribution >= 4 is 16.0 Å². The molecule has 18 heavy (non-hydrogen) atoms. The lowest BCUT2D eigenvalue weighted by molar-refractivity contribution is -0.138. The van der Waals surface area contributed by atoms with Crippen LogP contribution in [0.2, 0.25) is 0 Å². The highest BCUT2D eigenvalue weighted by Crippen LogP contribution is 2.15. The normalized spacial score (nSPS) is 13.3. The van der Waals surface area contributed by atoms with Gasteiger partial charge >= 0.3 is 5.97 Å². The minimum Gasteiger partial charge on any atom is -0.480 e. The second kappa shape index (κ2) is 5.40. The van der Waals surface area contributed by atoms with Gasteiger partial charge in [0.05, 0.1) is 5.75 Å². The Morgan fingerprint density at radius 3 is 2.33 bits per heavy atom. The van der Waals surface area contributed by atoms with Crippen molar-refractivity contribution in [2.45, 2.75) is 18.7 Å². The topological polar surface area (TPSA) is 83.5 Å². The molecule has 5 nitrogen and oxygen atoms in total. The van der Waals surface area contributed by atoms with Gasteiger partial charge in [0.25, 0.3) is 0 Å². The zero-order valence-electron chi connectivity index (χ0n) is 9.35. The summed E-state index contributed by atoms with van der Waals surface area (Å²) in [6.45, 7) is 1.11. The van der Waals surface area contributed by atoms with Gasteiger partial charge in [-0.15, -0.1) is 0 Å². The van der Waals surface area contributed by atoms with Gasteiger partial charge in [-0.1, -0.05) is 6.07 Å². The van der Waals surface area contributed by atoms with E-state index in [1.54, 1.807) is 4.72 Å². The first-order chi connectivity index (χ1) is 8.23. The highest BCUT2D eigenvalue weighted by molar-refractivity contribution is 7.88. The molecule has 0 radical (unpaired) electrons. The second-order valence-electron chi connectivity index (χ2n) is 3.64. The van der Waals surface area contributed by atoms with E-state index in [1.807, 2.05) is 0 Å². The van der Waals surface area contributed by atoms with Crippen molar-refractivity contribution in [3.8, 4) is 0 Å². The summed E-state index contributed by atoms with van der Waals surface area (Å²) in [5, 5.41) is 8.55. The van der Waals surface area contributed by atoms with Gasteiger partial charge in [-0.2, -0.15) is 0 Å². The minimum atomic E-state index is -4.13. The molecule has 1 atom stereocenters. The molecule has 0 amide bonds. The van der Waals surface area contributed by atoms with E-state index in [4.69, 9.17) is 5.11 Å². The number of carboxylic acid groups (broad SMARTS) is 1. The average Bonchev–Trinajstić information content (AvgIpc) is 2.23. The molecular weight excluding hydrogens is 268 g/mol. The summed E-state index contributed by atoms with van der Waals surface area (Å²) in [6.07, 6.45) is 0. The predicted molar refractivity (Wildman–Crippen MR) is 59.2 cm³/mol. The van der Waals surface area contributed by atoms with Crippen LogP contribution in [-0.4, -0.2) is 25.5 Å². The van der Waals surface area contributed by atoms with Crippen LogP contribution in [0.15, 0.2) is 18.2 Å². The Bertz CT molecular complexity index is 539. The monoisotopic (exact) mass is 279 g/mol. The average molecular weight is 279 g/mol. The summed E-state index contributed by atoms with van der Waals surface area (Å²) < 4.78 is 51.3. The van der Waals surface area contributed by atoms with Gasteiger partial charge in [-0.05, 0) is 19.1 Å². The highest BCUT2D eigenvalue weighted by Gasteiger charge is 2.22. The zero-order chi connectivity index (χ0) is 13.9. The number of hydrogen-bond donors (Lipinski definition) is 2. The van der Waals surface area contributed by atoms with Crippen molar-refractivity contribution in [2.75, 3.05) is 0 Å². The first-order valence-corrected chi connectivity index (χ1v) is 6.54. The third kappa shape index (κ3) is 3.74. The van der Waals surface area contributed by atoms with Crippen LogP contribution in [-0.2, 0) is 20.6 Å². The van der Waals surface area contributed by atoms with E-state index >= 15 is 0 Å². The Labute approximate surface area is 102 Å². The van der Waals surface area contributed by atoms with E-state index in [-0.39, 0.29) is 0 Å². The van der Waals surface area contributed by atoms with Gasteiger partial charge in [0.15, 0.2) is 0 Å². The van der Waals surface area contributed by atoms with Crippen molar-refractivity contribution in [1.82, 2.24) is 4.72 Å². The third-order valence-corrected chi connectivity index (χ3v) is 3.50. The highest BCUT2D eigenvalue weighted by atomic mass is 32.2. The smallest absolute Gasteiger partial charge is 0.321 e. The SMILES string of the molecule is C[C@H](NS(=O)(=O)Cc1c(F)cccc1F)C(=O)O. The molecule has 0 aliphatic carbocycles. The van der Waals surface area contributed by atoms with Crippen molar-refractivity contribution in [3.05, 3.63) is 35.4 Å². The van der Waals surface area contributed by atoms with Crippen molar-refractivity contribution in [2.24, 2.45) is 0 Å². The number of sulfonamides is 1. The maximum absolute atomic E-state index is 13.2. The van der Waals surface area contributed by atoms with Crippen LogP contribution in [0.1, 0.15) is 12.5 Å². The van der Waals surface area contributed by atoms with Gasteiger partial charge in [0.2, 0.25) is 10.0 Å². The minimum absolute atomic E-state index is 0.623. The molecule has 1 aromatic carbocycles. The second-order valence-corrected chi connectivity index (χ2v) is 5.39. The van der Waals surface area contributed by atoms with Gasteiger partial charge in [-0.25, -0.2) is 21.9 Å². The maximum atomic E-state index is 13.2. The van der Waals surface area contributed by atoms with E-state index in [2.05, 4.69) is 0 Å². The standard InChI is InChI=1S/C10H11F2NO4S/c1-6(10(14)15)13-18(16,17)5-7-8(11)3-2-4-9(7)12/h2-4,6,13H,5H2,1H3,(H,14,15)/t6-/m0/s1. The molecule has 0 fully saturated rings. The van der Waals surface area contributed by atoms with Gasteiger partial charge in [0, 0.05) is 5.56 Å². The first-order valence-electron chi connectivity index (χ1n) is 4.88. The fraction of sp³-hybridized carbons (Fsp3) is 0.300. The zero-order valence-corrected chi connectivity index (χ0v) is 10.2. The molecule has 0 heterocycles. The Kier molecular flexibility index (Phi) is 4.36. The Morgan fingerprint density at radius 1 is 1.39 bits per heavy atom. The molecule has 1 aromatic rings. The number of nitrogens with one attached hydrogen (secondary N) is 1. The molecule has 0 bridgehead atoms. The third-order valence-electron chi connectivity index (χ3n) is 2.12. The summed E-state index contributed by atoms with van der Waals surface area (Å²) in [5.74, 6) is -4.33. The van der Waals surface area contributed by atoms with Crippen LogP contribution < -0.4 is 4.72 Å². The van der Waals surface area contributed by atoms with E-state index in [0.29, 0.717) is 0 Å². The van der Waals surface area contributed by atoms with E-state index in [0.717, 1.165) is 25.1 Å². The van der Waals surface area contributed by atoms with Crippen LogP contribution in [0.25, 0.3) is 0 Å². The Morgan fingerprint density at radius 2 is 1.89 bits per heavy atom. The number of carboxylic acids is 1. The number of benzene rings is 1. The summed E-state index contributed by atoms with van der Waals surface area (Å²) in [7, 11) is -4.13. The Hall–Kier alpha value is -1.54. The number of halogens is 2. The first kappa shape index (κ1) is 14.5. The lowest BCUT2D eigenvalue weighted by Crippen LogP contribution is -2.39. The van der Waals surface area contributed by atoms with Gasteiger partial charge in [0.1, 0.15) is 17.7 Å². The summed E-state index contributed by atoms with van der Waals surface area (Å²) in [4.78, 5) is 10.5. The van der Waals surface area contributed by atoms with Crippen molar-refractivity contribution in [1.29, 1.82) is 0 Å². The summed E-state index contributed by atoms with van der Waals surface area (Å²) in [6, 6.07) is 1.59. The maximum Gasteiger partial charge on any atom is 0.321 e. The molecule has 0 saturated heterocycles. The molecule has 8 heteroatoms. The number of aliphatic carboxylic acids is 1. The molecular formula is C10H11F2NO4S. The van der Waals surface area contributed by atoms with E-state index in [9.17, 15) is 22.0 Å². The Balaban J connectivity index is 2.93. The lowest BCUT2D eigenvalue weighted by Gasteiger charge is -2.11. The summed E-state index contributed by atoms with van der Waals surface area (Å²) in [5.41, 5.74) is -0.623. The molecule has 0 spiro atoms. The van der Waals surface area contributed by atoms with Crippen LogP contribution in [0.3, 0.4) is 0 Å². The number of carbonyl (C=O) groups is 1. The predicted octanol–water partition coefficient (Wildman–Crippen LogP) is 0.857. The van der Waals surface area contributed by atoms with Crippen molar-refractivity contribution in [3.63, 3.8) is 0 Å².